The SMILES string of the molecule is O=C(O)c1cc(Br)cc(Br)c1NC1CCCC1. The molecule has 2 N–H and O–H groups in total. The number of nitrogens with one attached hydrogen (secondary N) is 1. The van der Waals surface area contributed by atoms with E-state index in [9.17, 15) is 9.90 Å². The van der Waals surface area contributed by atoms with E-state index in [1.807, 2.05) is 6.07 Å². The molecule has 1 aliphatic carbocycles. The van der Waals surface area contributed by atoms with Gasteiger partial charge in [-0.15, -0.1) is 0 Å². The molecular weight excluding hydrogens is 350 g/mol. The Kier molecular flexibility index (Phi) is 4.09. The van der Waals surface area contributed by atoms with E-state index in [0.29, 0.717) is 17.3 Å². The number of aromatic carboxylic acids is 1. The standard InChI is InChI=1S/C12H13Br2NO2/c13-7-5-9(12(16)17)11(10(14)6-7)15-8-3-1-2-4-8/h5-6,8,15H,1-4H2,(H,16,17). The van der Waals surface area contributed by atoms with Gasteiger partial charge in [0.1, 0.15) is 0 Å². The van der Waals surface area contributed by atoms with Crippen LogP contribution in [-0.4, -0.2) is 17.1 Å². The fourth-order valence-corrected chi connectivity index (χ4v) is 3.50. The van der Waals surface area contributed by atoms with Crippen LogP contribution in [0.5, 0.6) is 0 Å². The Morgan fingerprint density at radius 2 is 1.94 bits per heavy atom. The minimum Gasteiger partial charge on any atom is -0.478 e. The van der Waals surface area contributed by atoms with Crippen LogP contribution in [0.2, 0.25) is 0 Å². The van der Waals surface area contributed by atoms with Crippen LogP contribution >= 0.6 is 31.9 Å². The predicted octanol–water partition coefficient (Wildman–Crippen LogP) is 4.26. The van der Waals surface area contributed by atoms with Crippen LogP contribution in [0.25, 0.3) is 0 Å². The van der Waals surface area contributed by atoms with E-state index >= 15 is 0 Å². The molecule has 92 valence electrons. The molecule has 1 fully saturated rings. The van der Waals surface area contributed by atoms with Crippen LogP contribution in [0.3, 0.4) is 0 Å². The normalized spacial score (nSPS) is 16.1. The summed E-state index contributed by atoms with van der Waals surface area (Å²) in [7, 11) is 0. The zero-order chi connectivity index (χ0) is 12.4. The van der Waals surface area contributed by atoms with Crippen LogP contribution in [0.15, 0.2) is 21.1 Å². The van der Waals surface area contributed by atoms with Gasteiger partial charge >= 0.3 is 5.97 Å². The van der Waals surface area contributed by atoms with Gasteiger partial charge in [-0.25, -0.2) is 4.79 Å². The van der Waals surface area contributed by atoms with Crippen LogP contribution in [0.1, 0.15) is 36.0 Å². The van der Waals surface area contributed by atoms with Crippen molar-refractivity contribution in [2.75, 3.05) is 5.32 Å². The van der Waals surface area contributed by atoms with Crippen molar-refractivity contribution in [1.29, 1.82) is 0 Å². The van der Waals surface area contributed by atoms with Gasteiger partial charge in [0, 0.05) is 15.0 Å². The van der Waals surface area contributed by atoms with Crippen molar-refractivity contribution < 1.29 is 9.90 Å². The van der Waals surface area contributed by atoms with E-state index in [0.717, 1.165) is 21.8 Å². The third-order valence-corrected chi connectivity index (χ3v) is 4.07. The molecule has 17 heavy (non-hydrogen) atoms. The van der Waals surface area contributed by atoms with Crippen molar-refractivity contribution in [3.63, 3.8) is 0 Å². The minimum absolute atomic E-state index is 0.304. The molecule has 2 rings (SSSR count). The van der Waals surface area contributed by atoms with Gasteiger partial charge in [-0.1, -0.05) is 28.8 Å². The van der Waals surface area contributed by atoms with Crippen molar-refractivity contribution in [2.24, 2.45) is 0 Å². The Morgan fingerprint density at radius 3 is 2.53 bits per heavy atom. The summed E-state index contributed by atoms with van der Waals surface area (Å²) < 4.78 is 1.55. The van der Waals surface area contributed by atoms with Crippen molar-refractivity contribution in [3.05, 3.63) is 26.6 Å². The quantitative estimate of drug-likeness (QED) is 0.844. The second-order valence-electron chi connectivity index (χ2n) is 4.24. The van der Waals surface area contributed by atoms with Crippen LogP contribution in [-0.2, 0) is 0 Å². The van der Waals surface area contributed by atoms with E-state index in [4.69, 9.17) is 0 Å². The van der Waals surface area contributed by atoms with E-state index in [1.54, 1.807) is 6.07 Å². The molecule has 0 aliphatic heterocycles. The van der Waals surface area contributed by atoms with E-state index in [-0.39, 0.29) is 0 Å². The van der Waals surface area contributed by atoms with Crippen molar-refractivity contribution in [1.82, 2.24) is 0 Å². The Morgan fingerprint density at radius 1 is 1.29 bits per heavy atom. The predicted molar refractivity (Wildman–Crippen MR) is 74.7 cm³/mol. The molecule has 0 unspecified atom stereocenters. The fourth-order valence-electron chi connectivity index (χ4n) is 2.16. The molecule has 1 saturated carbocycles. The van der Waals surface area contributed by atoms with Crippen molar-refractivity contribution in [2.45, 2.75) is 31.7 Å². The van der Waals surface area contributed by atoms with Crippen LogP contribution in [0, 0.1) is 0 Å². The molecule has 0 saturated heterocycles. The van der Waals surface area contributed by atoms with Gasteiger partial charge in [0.2, 0.25) is 0 Å². The lowest BCUT2D eigenvalue weighted by atomic mass is 10.1. The lowest BCUT2D eigenvalue weighted by Crippen LogP contribution is -2.17. The number of rotatable bonds is 3. The van der Waals surface area contributed by atoms with Gasteiger partial charge in [-0.05, 0) is 40.9 Å². The maximum absolute atomic E-state index is 11.2. The molecule has 1 aromatic rings. The van der Waals surface area contributed by atoms with Gasteiger partial charge in [-0.3, -0.25) is 0 Å². The number of halogens is 2. The topological polar surface area (TPSA) is 49.3 Å². The molecule has 0 spiro atoms. The first-order valence-electron chi connectivity index (χ1n) is 5.57. The maximum atomic E-state index is 11.2. The van der Waals surface area contributed by atoms with Gasteiger partial charge < -0.3 is 10.4 Å². The number of carbonyl (C=O) groups is 1. The third-order valence-electron chi connectivity index (χ3n) is 2.99. The van der Waals surface area contributed by atoms with Gasteiger partial charge in [-0.2, -0.15) is 0 Å². The monoisotopic (exact) mass is 361 g/mol. The van der Waals surface area contributed by atoms with Crippen molar-refractivity contribution >= 4 is 43.5 Å². The number of anilines is 1. The third kappa shape index (κ3) is 3.01. The number of hydrogen-bond donors (Lipinski definition) is 2. The summed E-state index contributed by atoms with van der Waals surface area (Å²) in [6.45, 7) is 0. The molecule has 0 bridgehead atoms. The molecule has 1 aliphatic rings. The summed E-state index contributed by atoms with van der Waals surface area (Å²) in [4.78, 5) is 11.2. The Balaban J connectivity index is 2.33. The van der Waals surface area contributed by atoms with E-state index in [2.05, 4.69) is 37.2 Å². The number of carboxylic acids is 1. The highest BCUT2D eigenvalue weighted by Gasteiger charge is 2.20. The molecular formula is C12H13Br2NO2. The largest absolute Gasteiger partial charge is 0.478 e. The molecule has 0 radical (unpaired) electrons. The second-order valence-corrected chi connectivity index (χ2v) is 6.01. The molecule has 3 nitrogen and oxygen atoms in total. The summed E-state index contributed by atoms with van der Waals surface area (Å²) in [5.41, 5.74) is 0.991. The smallest absolute Gasteiger partial charge is 0.337 e. The highest BCUT2D eigenvalue weighted by molar-refractivity contribution is 9.11. The van der Waals surface area contributed by atoms with Crippen molar-refractivity contribution in [3.8, 4) is 0 Å². The average Bonchev–Trinajstić information content (AvgIpc) is 2.74. The number of benzene rings is 1. The highest BCUT2D eigenvalue weighted by Crippen LogP contribution is 2.33. The molecule has 0 aromatic heterocycles. The first kappa shape index (κ1) is 12.9. The first-order valence-corrected chi connectivity index (χ1v) is 7.15. The van der Waals surface area contributed by atoms with Crippen LogP contribution < -0.4 is 5.32 Å². The fraction of sp³-hybridized carbons (Fsp3) is 0.417. The maximum Gasteiger partial charge on any atom is 0.337 e. The average molecular weight is 363 g/mol. The van der Waals surface area contributed by atoms with E-state index < -0.39 is 5.97 Å². The molecule has 5 heteroatoms. The second kappa shape index (κ2) is 5.40. The van der Waals surface area contributed by atoms with Gasteiger partial charge in [0.25, 0.3) is 0 Å². The Hall–Kier alpha value is -0.550. The summed E-state index contributed by atoms with van der Waals surface area (Å²) in [5, 5.41) is 12.5. The molecule has 0 atom stereocenters. The zero-order valence-corrected chi connectivity index (χ0v) is 12.3. The number of carboxylic acid groups (broad SMARTS) is 1. The Bertz CT molecular complexity index is 442. The summed E-state index contributed by atoms with van der Waals surface area (Å²) in [5.74, 6) is -0.910. The van der Waals surface area contributed by atoms with Gasteiger partial charge in [0.15, 0.2) is 0 Å². The minimum atomic E-state index is -0.910. The summed E-state index contributed by atoms with van der Waals surface area (Å²) in [6, 6.07) is 3.89. The lowest BCUT2D eigenvalue weighted by molar-refractivity contribution is 0.0697. The zero-order valence-electron chi connectivity index (χ0n) is 9.17. The molecule has 0 amide bonds. The van der Waals surface area contributed by atoms with Gasteiger partial charge in [0.05, 0.1) is 11.3 Å². The summed E-state index contributed by atoms with van der Waals surface area (Å²) >= 11 is 6.72. The van der Waals surface area contributed by atoms with Crippen LogP contribution in [0.4, 0.5) is 5.69 Å². The summed E-state index contributed by atoms with van der Waals surface area (Å²) in [6.07, 6.45) is 4.66. The lowest BCUT2D eigenvalue weighted by Gasteiger charge is -2.17. The highest BCUT2D eigenvalue weighted by atomic mass is 79.9. The molecule has 0 heterocycles. The number of hydrogen-bond acceptors (Lipinski definition) is 2. The van der Waals surface area contributed by atoms with E-state index in [1.165, 1.54) is 12.8 Å². The molecule has 1 aromatic carbocycles. The first-order chi connectivity index (χ1) is 8.08. The Labute approximate surface area is 117 Å².